The normalized spacial score (nSPS) is 11.4. The number of carbonyl (C=O) groups excluding carboxylic acids is 1. The quantitative estimate of drug-likeness (QED) is 0.326. The first-order valence-electron chi connectivity index (χ1n) is 11.3. The summed E-state index contributed by atoms with van der Waals surface area (Å²) in [5.74, 6) is 1.09. The molecular formula is C27H29N5OS. The van der Waals surface area contributed by atoms with Gasteiger partial charge in [-0.3, -0.25) is 14.3 Å². The van der Waals surface area contributed by atoms with Crippen molar-refractivity contribution in [2.45, 2.75) is 44.6 Å². The van der Waals surface area contributed by atoms with Crippen LogP contribution in [0, 0.1) is 0 Å². The molecule has 174 valence electrons. The first-order chi connectivity index (χ1) is 16.4. The van der Waals surface area contributed by atoms with Crippen molar-refractivity contribution in [3.05, 3.63) is 96.3 Å². The number of aromatic nitrogens is 4. The van der Waals surface area contributed by atoms with Gasteiger partial charge >= 0.3 is 0 Å². The zero-order chi connectivity index (χ0) is 24.0. The van der Waals surface area contributed by atoms with Crippen LogP contribution >= 0.6 is 11.8 Å². The minimum Gasteiger partial charge on any atom is -0.333 e. The van der Waals surface area contributed by atoms with Gasteiger partial charge in [0.15, 0.2) is 11.0 Å². The molecular weight excluding hydrogens is 442 g/mol. The number of hydrogen-bond donors (Lipinski definition) is 0. The van der Waals surface area contributed by atoms with Crippen molar-refractivity contribution in [3.63, 3.8) is 0 Å². The molecule has 0 N–H and O–H groups in total. The zero-order valence-electron chi connectivity index (χ0n) is 19.8. The maximum atomic E-state index is 13.4. The molecule has 1 amide bonds. The maximum Gasteiger partial charge on any atom is 0.233 e. The van der Waals surface area contributed by atoms with Crippen molar-refractivity contribution in [2.75, 3.05) is 5.75 Å². The van der Waals surface area contributed by atoms with Crippen LogP contribution in [0.3, 0.4) is 0 Å². The number of nitrogens with zero attached hydrogens (tertiary/aromatic N) is 5. The van der Waals surface area contributed by atoms with E-state index in [9.17, 15) is 4.79 Å². The lowest BCUT2D eigenvalue weighted by Gasteiger charge is -2.36. The van der Waals surface area contributed by atoms with Crippen molar-refractivity contribution < 1.29 is 4.79 Å². The second kappa shape index (κ2) is 10.7. The summed E-state index contributed by atoms with van der Waals surface area (Å²) in [6.45, 7) is 7.38. The van der Waals surface area contributed by atoms with Crippen LogP contribution in [-0.4, -0.2) is 41.8 Å². The number of hydrogen-bond acceptors (Lipinski definition) is 5. The average molecular weight is 472 g/mol. The Morgan fingerprint density at radius 2 is 1.59 bits per heavy atom. The van der Waals surface area contributed by atoms with E-state index in [1.165, 1.54) is 11.8 Å². The molecule has 4 aromatic rings. The lowest BCUT2D eigenvalue weighted by molar-refractivity contribution is -0.133. The molecule has 2 aromatic heterocycles. The van der Waals surface area contributed by atoms with E-state index in [0.717, 1.165) is 22.5 Å². The van der Waals surface area contributed by atoms with Crippen molar-refractivity contribution >= 4 is 17.7 Å². The van der Waals surface area contributed by atoms with Crippen LogP contribution in [-0.2, 0) is 17.9 Å². The standard InChI is InChI=1S/C27H29N5OS/c1-27(2,3)32(19-22-13-8-5-9-14-22)24(33)20-34-26-30-29-25(23-15-10-16-28-17-23)31(26)18-21-11-6-4-7-12-21/h4-17H,18-20H2,1-3H3. The molecule has 0 aliphatic heterocycles. The van der Waals surface area contributed by atoms with Crippen molar-refractivity contribution in [1.82, 2.24) is 24.6 Å². The maximum absolute atomic E-state index is 13.4. The van der Waals surface area contributed by atoms with E-state index in [0.29, 0.717) is 18.2 Å². The largest absolute Gasteiger partial charge is 0.333 e. The minimum atomic E-state index is -0.300. The van der Waals surface area contributed by atoms with E-state index in [1.807, 2.05) is 53.4 Å². The van der Waals surface area contributed by atoms with Gasteiger partial charge < -0.3 is 4.90 Å². The molecule has 0 aliphatic rings. The van der Waals surface area contributed by atoms with E-state index in [2.05, 4.69) is 64.8 Å². The Morgan fingerprint density at radius 1 is 0.912 bits per heavy atom. The highest BCUT2D eigenvalue weighted by atomic mass is 32.2. The van der Waals surface area contributed by atoms with Crippen LogP contribution in [0.4, 0.5) is 0 Å². The van der Waals surface area contributed by atoms with Gasteiger partial charge in [-0.15, -0.1) is 10.2 Å². The summed E-state index contributed by atoms with van der Waals surface area (Å²) >= 11 is 1.42. The summed E-state index contributed by atoms with van der Waals surface area (Å²) in [7, 11) is 0. The van der Waals surface area contributed by atoms with Crippen LogP contribution in [0.2, 0.25) is 0 Å². The van der Waals surface area contributed by atoms with Gasteiger partial charge in [0, 0.05) is 30.0 Å². The fraction of sp³-hybridized carbons (Fsp3) is 0.259. The van der Waals surface area contributed by atoms with E-state index in [-0.39, 0.29) is 17.2 Å². The molecule has 0 unspecified atom stereocenters. The van der Waals surface area contributed by atoms with E-state index >= 15 is 0 Å². The Morgan fingerprint density at radius 3 is 2.21 bits per heavy atom. The number of amides is 1. The Kier molecular flexibility index (Phi) is 7.43. The molecule has 34 heavy (non-hydrogen) atoms. The highest BCUT2D eigenvalue weighted by molar-refractivity contribution is 7.99. The van der Waals surface area contributed by atoms with E-state index < -0.39 is 0 Å². The third-order valence-electron chi connectivity index (χ3n) is 5.44. The number of thioether (sulfide) groups is 1. The van der Waals surface area contributed by atoms with Crippen LogP contribution in [0.25, 0.3) is 11.4 Å². The zero-order valence-corrected chi connectivity index (χ0v) is 20.6. The monoisotopic (exact) mass is 471 g/mol. The lowest BCUT2D eigenvalue weighted by atomic mass is 10.0. The number of pyridine rings is 1. The van der Waals surface area contributed by atoms with Gasteiger partial charge in [-0.25, -0.2) is 0 Å². The molecule has 2 heterocycles. The topological polar surface area (TPSA) is 63.9 Å². The summed E-state index contributed by atoms with van der Waals surface area (Å²) in [5, 5.41) is 9.61. The SMILES string of the molecule is CC(C)(C)N(Cc1ccccc1)C(=O)CSc1nnc(-c2cccnc2)n1Cc1ccccc1. The van der Waals surface area contributed by atoms with Crippen LogP contribution in [0.15, 0.2) is 90.3 Å². The second-order valence-corrected chi connectivity index (χ2v) is 9.99. The summed E-state index contributed by atoms with van der Waals surface area (Å²) in [6.07, 6.45) is 3.52. The Bertz CT molecular complexity index is 1200. The smallest absolute Gasteiger partial charge is 0.233 e. The second-order valence-electron chi connectivity index (χ2n) is 9.04. The van der Waals surface area contributed by atoms with Crippen LogP contribution in [0.5, 0.6) is 0 Å². The van der Waals surface area contributed by atoms with Gasteiger partial charge in [-0.2, -0.15) is 0 Å². The van der Waals surface area contributed by atoms with Gasteiger partial charge in [0.25, 0.3) is 0 Å². The third kappa shape index (κ3) is 5.91. The molecule has 6 nitrogen and oxygen atoms in total. The fourth-order valence-electron chi connectivity index (χ4n) is 3.68. The predicted octanol–water partition coefficient (Wildman–Crippen LogP) is 5.31. The number of rotatable bonds is 8. The molecule has 0 saturated heterocycles. The Balaban J connectivity index is 1.56. The van der Waals surface area contributed by atoms with Gasteiger partial charge in [0.05, 0.1) is 12.3 Å². The molecule has 7 heteroatoms. The molecule has 0 atom stereocenters. The number of carbonyl (C=O) groups is 1. The fourth-order valence-corrected chi connectivity index (χ4v) is 4.50. The molecule has 4 rings (SSSR count). The Labute approximate surface area is 205 Å². The summed E-state index contributed by atoms with van der Waals surface area (Å²) in [6, 6.07) is 24.1. The van der Waals surface area contributed by atoms with Crippen molar-refractivity contribution in [2.24, 2.45) is 0 Å². The Hall–Kier alpha value is -3.45. The predicted molar refractivity (Wildman–Crippen MR) is 136 cm³/mol. The molecule has 0 radical (unpaired) electrons. The van der Waals surface area contributed by atoms with Crippen LogP contribution in [0.1, 0.15) is 31.9 Å². The van der Waals surface area contributed by atoms with Crippen molar-refractivity contribution in [3.8, 4) is 11.4 Å². The lowest BCUT2D eigenvalue weighted by Crippen LogP contribution is -2.45. The first-order valence-corrected chi connectivity index (χ1v) is 12.2. The molecule has 0 fully saturated rings. The average Bonchev–Trinajstić information content (AvgIpc) is 3.24. The summed E-state index contributed by atoms with van der Waals surface area (Å²) in [5.41, 5.74) is 2.85. The molecule has 0 saturated carbocycles. The van der Waals surface area contributed by atoms with E-state index in [1.54, 1.807) is 12.4 Å². The van der Waals surface area contributed by atoms with Crippen molar-refractivity contribution in [1.29, 1.82) is 0 Å². The highest BCUT2D eigenvalue weighted by Crippen LogP contribution is 2.26. The summed E-state index contributed by atoms with van der Waals surface area (Å²) in [4.78, 5) is 19.5. The summed E-state index contributed by atoms with van der Waals surface area (Å²) < 4.78 is 2.06. The molecule has 0 bridgehead atoms. The highest BCUT2D eigenvalue weighted by Gasteiger charge is 2.27. The third-order valence-corrected chi connectivity index (χ3v) is 6.39. The van der Waals surface area contributed by atoms with Gasteiger partial charge in [-0.1, -0.05) is 72.4 Å². The molecule has 0 spiro atoms. The van der Waals surface area contributed by atoms with Gasteiger partial charge in [0.2, 0.25) is 5.91 Å². The van der Waals surface area contributed by atoms with Gasteiger partial charge in [0.1, 0.15) is 0 Å². The van der Waals surface area contributed by atoms with Gasteiger partial charge in [-0.05, 0) is 44.0 Å². The molecule has 2 aromatic carbocycles. The minimum absolute atomic E-state index is 0.0681. The van der Waals surface area contributed by atoms with E-state index in [4.69, 9.17) is 0 Å². The number of benzene rings is 2. The first kappa shape index (κ1) is 23.7. The van der Waals surface area contributed by atoms with Crippen LogP contribution < -0.4 is 0 Å². The molecule has 0 aliphatic carbocycles.